The van der Waals surface area contributed by atoms with Crippen LogP contribution in [-0.2, 0) is 6.54 Å². The van der Waals surface area contributed by atoms with Crippen molar-refractivity contribution in [2.45, 2.75) is 26.8 Å². The van der Waals surface area contributed by atoms with Gasteiger partial charge in [0.1, 0.15) is 0 Å². The topological polar surface area (TPSA) is 30.5 Å². The van der Waals surface area contributed by atoms with E-state index in [1.807, 2.05) is 6.07 Å². The van der Waals surface area contributed by atoms with Crippen LogP contribution in [0, 0.1) is 5.92 Å². The molecule has 3 nitrogen and oxygen atoms in total. The molecule has 0 radical (unpaired) electrons. The molecule has 0 aliphatic carbocycles. The van der Waals surface area contributed by atoms with E-state index in [-0.39, 0.29) is 0 Å². The molecule has 17 heavy (non-hydrogen) atoms. The highest BCUT2D eigenvalue weighted by molar-refractivity contribution is 9.10. The molecular formula is C13H18BrNO2. The number of halogens is 1. The second kappa shape index (κ2) is 5.74. The quantitative estimate of drug-likeness (QED) is 0.905. The van der Waals surface area contributed by atoms with Gasteiger partial charge < -0.3 is 14.8 Å². The molecule has 0 saturated carbocycles. The van der Waals surface area contributed by atoms with Gasteiger partial charge in [0.05, 0.1) is 4.47 Å². The largest absolute Gasteiger partial charge is 0.454 e. The fourth-order valence-electron chi connectivity index (χ4n) is 1.73. The van der Waals surface area contributed by atoms with Crippen LogP contribution in [-0.4, -0.2) is 13.3 Å². The Kier molecular flexibility index (Phi) is 4.29. The Bertz CT molecular complexity index is 395. The van der Waals surface area contributed by atoms with E-state index in [1.54, 1.807) is 0 Å². The molecule has 94 valence electrons. The fourth-order valence-corrected chi connectivity index (χ4v) is 2.33. The van der Waals surface area contributed by atoms with Crippen molar-refractivity contribution < 1.29 is 9.47 Å². The number of hydrogen-bond acceptors (Lipinski definition) is 3. The third-order valence-electron chi connectivity index (χ3n) is 3.01. The highest BCUT2D eigenvalue weighted by Gasteiger charge is 2.17. The summed E-state index contributed by atoms with van der Waals surface area (Å²) < 4.78 is 11.7. The van der Waals surface area contributed by atoms with E-state index < -0.39 is 0 Å². The molecule has 1 N–H and O–H groups in total. The first-order valence-electron chi connectivity index (χ1n) is 5.99. The van der Waals surface area contributed by atoms with Crippen molar-refractivity contribution in [1.29, 1.82) is 0 Å². The maximum atomic E-state index is 5.39. The zero-order chi connectivity index (χ0) is 12.3. The van der Waals surface area contributed by atoms with Gasteiger partial charge in [0.15, 0.2) is 11.5 Å². The average molecular weight is 300 g/mol. The Morgan fingerprint density at radius 3 is 3.00 bits per heavy atom. The zero-order valence-electron chi connectivity index (χ0n) is 10.3. The number of ether oxygens (including phenoxy) is 2. The molecular weight excluding hydrogens is 282 g/mol. The van der Waals surface area contributed by atoms with Gasteiger partial charge in [-0.2, -0.15) is 0 Å². The van der Waals surface area contributed by atoms with Gasteiger partial charge in [0.2, 0.25) is 6.79 Å². The molecule has 1 heterocycles. The van der Waals surface area contributed by atoms with Crippen LogP contribution in [0.5, 0.6) is 11.5 Å². The van der Waals surface area contributed by atoms with Crippen molar-refractivity contribution in [1.82, 2.24) is 5.32 Å². The summed E-state index contributed by atoms with van der Waals surface area (Å²) in [4.78, 5) is 0. The summed E-state index contributed by atoms with van der Waals surface area (Å²) in [6, 6.07) is 4.12. The van der Waals surface area contributed by atoms with Gasteiger partial charge in [-0.05, 0) is 46.1 Å². The molecule has 0 bridgehead atoms. The first-order chi connectivity index (χ1) is 8.20. The lowest BCUT2D eigenvalue weighted by molar-refractivity contribution is 0.173. The van der Waals surface area contributed by atoms with Crippen molar-refractivity contribution in [2.24, 2.45) is 5.92 Å². The fraction of sp³-hybridized carbons (Fsp3) is 0.538. The molecule has 0 amide bonds. The minimum atomic E-state index is 0.317. The highest BCUT2D eigenvalue weighted by Crippen LogP contribution is 2.39. The minimum Gasteiger partial charge on any atom is -0.454 e. The molecule has 1 aliphatic heterocycles. The Labute approximate surface area is 111 Å². The van der Waals surface area contributed by atoms with E-state index in [2.05, 4.69) is 41.2 Å². The summed E-state index contributed by atoms with van der Waals surface area (Å²) in [7, 11) is 0. The Balaban J connectivity index is 1.96. The molecule has 4 heteroatoms. The van der Waals surface area contributed by atoms with Crippen molar-refractivity contribution in [3.05, 3.63) is 22.2 Å². The smallest absolute Gasteiger partial charge is 0.231 e. The lowest BCUT2D eigenvalue weighted by Gasteiger charge is -2.10. The molecule has 1 aromatic rings. The van der Waals surface area contributed by atoms with E-state index >= 15 is 0 Å². The van der Waals surface area contributed by atoms with Crippen molar-refractivity contribution in [2.75, 3.05) is 13.3 Å². The zero-order valence-corrected chi connectivity index (χ0v) is 11.8. The summed E-state index contributed by atoms with van der Waals surface area (Å²) in [5.41, 5.74) is 1.21. The number of rotatable bonds is 5. The first-order valence-corrected chi connectivity index (χ1v) is 6.78. The van der Waals surface area contributed by atoms with Crippen LogP contribution in [0.3, 0.4) is 0 Å². The van der Waals surface area contributed by atoms with Gasteiger partial charge in [-0.1, -0.05) is 20.3 Å². The molecule has 1 aromatic carbocycles. The number of nitrogens with one attached hydrogen (secondary N) is 1. The van der Waals surface area contributed by atoms with Crippen LogP contribution in [0.2, 0.25) is 0 Å². The number of fused-ring (bicyclic) bond motifs is 1. The Morgan fingerprint density at radius 1 is 1.41 bits per heavy atom. The maximum absolute atomic E-state index is 5.39. The predicted molar refractivity (Wildman–Crippen MR) is 71.4 cm³/mol. The first kappa shape index (κ1) is 12.7. The van der Waals surface area contributed by atoms with Crippen LogP contribution in [0.15, 0.2) is 16.6 Å². The van der Waals surface area contributed by atoms with Gasteiger partial charge >= 0.3 is 0 Å². The second-order valence-electron chi connectivity index (χ2n) is 4.46. The summed E-state index contributed by atoms with van der Waals surface area (Å²) in [6.45, 7) is 6.69. The normalized spacial score (nSPS) is 15.0. The molecule has 0 saturated heterocycles. The third kappa shape index (κ3) is 3.13. The van der Waals surface area contributed by atoms with Crippen molar-refractivity contribution >= 4 is 15.9 Å². The third-order valence-corrected chi connectivity index (χ3v) is 3.59. The Hall–Kier alpha value is -0.740. The Morgan fingerprint density at radius 2 is 2.24 bits per heavy atom. The molecule has 1 unspecified atom stereocenters. The standard InChI is InChI=1S/C13H18BrNO2/c1-3-9(2)6-15-7-10-4-11(14)13-12(5-10)16-8-17-13/h4-5,9,15H,3,6-8H2,1-2H3. The molecule has 1 aliphatic rings. The number of hydrogen-bond donors (Lipinski definition) is 1. The van der Waals surface area contributed by atoms with Crippen LogP contribution >= 0.6 is 15.9 Å². The van der Waals surface area contributed by atoms with E-state index in [1.165, 1.54) is 12.0 Å². The second-order valence-corrected chi connectivity index (χ2v) is 5.31. The van der Waals surface area contributed by atoms with Gasteiger partial charge in [-0.3, -0.25) is 0 Å². The average Bonchev–Trinajstić information content (AvgIpc) is 2.77. The van der Waals surface area contributed by atoms with Gasteiger partial charge in [-0.25, -0.2) is 0 Å². The van der Waals surface area contributed by atoms with Gasteiger partial charge in [0.25, 0.3) is 0 Å². The lowest BCUT2D eigenvalue weighted by atomic mass is 10.1. The van der Waals surface area contributed by atoms with Gasteiger partial charge in [-0.15, -0.1) is 0 Å². The molecule has 0 fully saturated rings. The SMILES string of the molecule is CCC(C)CNCc1cc(Br)c2c(c1)OCO2. The maximum Gasteiger partial charge on any atom is 0.231 e. The van der Waals surface area contributed by atoms with Crippen molar-refractivity contribution in [3.63, 3.8) is 0 Å². The summed E-state index contributed by atoms with van der Waals surface area (Å²) in [5, 5.41) is 3.45. The van der Waals surface area contributed by atoms with Crippen LogP contribution in [0.4, 0.5) is 0 Å². The number of benzene rings is 1. The molecule has 0 spiro atoms. The van der Waals surface area contributed by atoms with Crippen LogP contribution < -0.4 is 14.8 Å². The summed E-state index contributed by atoms with van der Waals surface area (Å²) >= 11 is 3.50. The van der Waals surface area contributed by atoms with Gasteiger partial charge in [0, 0.05) is 6.54 Å². The highest BCUT2D eigenvalue weighted by atomic mass is 79.9. The molecule has 0 aromatic heterocycles. The van der Waals surface area contributed by atoms with Crippen LogP contribution in [0.25, 0.3) is 0 Å². The predicted octanol–water partition coefficient (Wildman–Crippen LogP) is 3.31. The van der Waals surface area contributed by atoms with E-state index in [0.29, 0.717) is 12.7 Å². The van der Waals surface area contributed by atoms with Crippen LogP contribution in [0.1, 0.15) is 25.8 Å². The molecule has 2 rings (SSSR count). The molecule has 1 atom stereocenters. The monoisotopic (exact) mass is 299 g/mol. The van der Waals surface area contributed by atoms with E-state index in [0.717, 1.165) is 29.1 Å². The summed E-state index contributed by atoms with van der Waals surface area (Å²) in [6.07, 6.45) is 1.21. The van der Waals surface area contributed by atoms with E-state index in [4.69, 9.17) is 9.47 Å². The summed E-state index contributed by atoms with van der Waals surface area (Å²) in [5.74, 6) is 2.36. The van der Waals surface area contributed by atoms with E-state index in [9.17, 15) is 0 Å². The minimum absolute atomic E-state index is 0.317. The lowest BCUT2D eigenvalue weighted by Crippen LogP contribution is -2.20. The van der Waals surface area contributed by atoms with Crippen molar-refractivity contribution in [3.8, 4) is 11.5 Å².